The molecule has 0 saturated carbocycles. The van der Waals surface area contributed by atoms with Crippen molar-refractivity contribution in [2.24, 2.45) is 0 Å². The fourth-order valence-corrected chi connectivity index (χ4v) is 2.29. The maximum atomic E-state index is 12.4. The van der Waals surface area contributed by atoms with Crippen molar-refractivity contribution in [3.63, 3.8) is 0 Å². The summed E-state index contributed by atoms with van der Waals surface area (Å²) in [5, 5.41) is -0.726. The summed E-state index contributed by atoms with van der Waals surface area (Å²) in [6.45, 7) is -6.35. The number of rotatable bonds is 6. The van der Waals surface area contributed by atoms with Gasteiger partial charge in [0.1, 0.15) is 4.60 Å². The molecule has 1 unspecified atom stereocenters. The van der Waals surface area contributed by atoms with Crippen molar-refractivity contribution in [1.29, 1.82) is 0 Å². The molecule has 3 nitrogen and oxygen atoms in total. The summed E-state index contributed by atoms with van der Waals surface area (Å²) in [5.41, 5.74) is 0.966. The second kappa shape index (κ2) is 7.83. The van der Waals surface area contributed by atoms with E-state index in [0.29, 0.717) is 15.7 Å². The maximum Gasteiger partial charge on any atom is 0.387 e. The van der Waals surface area contributed by atoms with Gasteiger partial charge in [0, 0.05) is 6.20 Å². The highest BCUT2D eigenvalue weighted by atomic mass is 79.9. The lowest BCUT2D eigenvalue weighted by atomic mass is 10.1. The third-order valence-corrected chi connectivity index (χ3v) is 3.71. The van der Waals surface area contributed by atoms with Crippen LogP contribution in [-0.4, -0.2) is 18.2 Å². The van der Waals surface area contributed by atoms with E-state index in [1.165, 1.54) is 12.3 Å². The molecular formula is C14H9BrClF4NO2. The molecule has 0 aliphatic rings. The monoisotopic (exact) mass is 413 g/mol. The van der Waals surface area contributed by atoms with Crippen LogP contribution in [0.5, 0.6) is 11.5 Å². The van der Waals surface area contributed by atoms with Crippen LogP contribution in [0.2, 0.25) is 0 Å². The Morgan fingerprint density at radius 2 is 1.52 bits per heavy atom. The highest BCUT2D eigenvalue weighted by Crippen LogP contribution is 2.37. The summed E-state index contributed by atoms with van der Waals surface area (Å²) < 4.78 is 58.4. The molecule has 2 aromatic rings. The molecule has 1 aromatic heterocycles. The minimum Gasteiger partial charge on any atom is -0.431 e. The molecule has 23 heavy (non-hydrogen) atoms. The van der Waals surface area contributed by atoms with Crippen LogP contribution in [0.4, 0.5) is 17.6 Å². The zero-order chi connectivity index (χ0) is 17.0. The fraction of sp³-hybridized carbons (Fsp3) is 0.214. The lowest BCUT2D eigenvalue weighted by Gasteiger charge is -2.15. The Morgan fingerprint density at radius 3 is 2.09 bits per heavy atom. The van der Waals surface area contributed by atoms with Gasteiger partial charge in [0.05, 0.1) is 5.38 Å². The predicted molar refractivity (Wildman–Crippen MR) is 79.3 cm³/mol. The number of alkyl halides is 5. The molecule has 0 aliphatic heterocycles. The third-order valence-electron chi connectivity index (χ3n) is 2.74. The molecule has 9 heteroatoms. The number of benzene rings is 1. The Labute approximate surface area is 142 Å². The van der Waals surface area contributed by atoms with E-state index in [2.05, 4.69) is 30.4 Å². The second-order valence-corrected chi connectivity index (χ2v) is 5.49. The molecule has 0 radical (unpaired) electrons. The molecule has 0 bridgehead atoms. The zero-order valence-electron chi connectivity index (χ0n) is 11.2. The van der Waals surface area contributed by atoms with E-state index in [4.69, 9.17) is 11.6 Å². The number of aromatic nitrogens is 1. The van der Waals surface area contributed by atoms with Gasteiger partial charge < -0.3 is 9.47 Å². The third kappa shape index (κ3) is 4.97. The number of pyridine rings is 1. The van der Waals surface area contributed by atoms with Crippen LogP contribution in [-0.2, 0) is 0 Å². The molecule has 124 valence electrons. The molecule has 0 fully saturated rings. The van der Waals surface area contributed by atoms with Crippen molar-refractivity contribution in [3.8, 4) is 11.5 Å². The van der Waals surface area contributed by atoms with E-state index in [1.54, 1.807) is 12.1 Å². The molecular weight excluding hydrogens is 406 g/mol. The van der Waals surface area contributed by atoms with Gasteiger partial charge in [0.25, 0.3) is 0 Å². The number of nitrogens with zero attached hydrogens (tertiary/aromatic N) is 1. The Balaban J connectivity index is 2.33. The Hall–Kier alpha value is -1.54. The van der Waals surface area contributed by atoms with Gasteiger partial charge in [0.15, 0.2) is 11.5 Å². The summed E-state index contributed by atoms with van der Waals surface area (Å²) in [4.78, 5) is 4.01. The van der Waals surface area contributed by atoms with E-state index < -0.39 is 30.1 Å². The molecule has 1 heterocycles. The summed E-state index contributed by atoms with van der Waals surface area (Å²) >= 11 is 9.44. The lowest BCUT2D eigenvalue weighted by molar-refractivity contribution is -0.0692. The summed E-state index contributed by atoms with van der Waals surface area (Å²) in [6.07, 6.45) is 1.50. The average Bonchev–Trinajstić information content (AvgIpc) is 2.48. The molecule has 1 aromatic carbocycles. The molecule has 0 spiro atoms. The van der Waals surface area contributed by atoms with Gasteiger partial charge in [-0.15, -0.1) is 11.6 Å². The molecule has 0 N–H and O–H groups in total. The number of halogens is 6. The van der Waals surface area contributed by atoms with Gasteiger partial charge in [-0.1, -0.05) is 12.1 Å². The van der Waals surface area contributed by atoms with Gasteiger partial charge in [-0.3, -0.25) is 0 Å². The van der Waals surface area contributed by atoms with Crippen molar-refractivity contribution in [3.05, 3.63) is 52.3 Å². The van der Waals surface area contributed by atoms with Crippen molar-refractivity contribution >= 4 is 27.5 Å². The first kappa shape index (κ1) is 17.8. The Morgan fingerprint density at radius 1 is 0.913 bits per heavy atom. The second-order valence-electron chi connectivity index (χ2n) is 4.24. The first-order valence-electron chi connectivity index (χ1n) is 6.16. The van der Waals surface area contributed by atoms with Crippen molar-refractivity contribution in [1.82, 2.24) is 4.98 Å². The van der Waals surface area contributed by atoms with E-state index in [-0.39, 0.29) is 0 Å². The summed E-state index contributed by atoms with van der Waals surface area (Å²) in [7, 11) is 0. The smallest absolute Gasteiger partial charge is 0.387 e. The topological polar surface area (TPSA) is 31.4 Å². The molecule has 0 amide bonds. The number of ether oxygens (including phenoxy) is 2. The first-order valence-corrected chi connectivity index (χ1v) is 7.39. The molecule has 0 aliphatic carbocycles. The van der Waals surface area contributed by atoms with Gasteiger partial charge in [-0.05, 0) is 45.3 Å². The minimum absolute atomic E-state index is 0.369. The number of hydrogen-bond donors (Lipinski definition) is 0. The van der Waals surface area contributed by atoms with E-state index in [0.717, 1.165) is 12.1 Å². The average molecular weight is 415 g/mol. The van der Waals surface area contributed by atoms with Crippen LogP contribution in [0.1, 0.15) is 16.5 Å². The van der Waals surface area contributed by atoms with Crippen molar-refractivity contribution < 1.29 is 27.0 Å². The van der Waals surface area contributed by atoms with Crippen molar-refractivity contribution in [2.75, 3.05) is 0 Å². The fourth-order valence-electron chi connectivity index (χ4n) is 1.79. The number of hydrogen-bond acceptors (Lipinski definition) is 3. The SMILES string of the molecule is FC(F)Oc1ccc(C(Cl)c2ccc(Br)nc2)cc1OC(F)F. The van der Waals surface area contributed by atoms with Gasteiger partial charge in [-0.25, -0.2) is 4.98 Å². The highest BCUT2D eigenvalue weighted by molar-refractivity contribution is 9.10. The van der Waals surface area contributed by atoms with Crippen LogP contribution in [0.3, 0.4) is 0 Å². The normalized spacial score (nSPS) is 12.5. The quantitative estimate of drug-likeness (QED) is 0.361. The Bertz CT molecular complexity index is 658. The standard InChI is InChI=1S/C14H9BrClF4NO2/c15-11-4-2-8(6-21-11)12(16)7-1-3-9(22-13(17)18)10(5-7)23-14(19)20/h1-6,12-14H. The van der Waals surface area contributed by atoms with Crippen molar-refractivity contribution in [2.45, 2.75) is 18.6 Å². The zero-order valence-corrected chi connectivity index (χ0v) is 13.6. The summed E-state index contributed by atoms with van der Waals surface area (Å²) in [6, 6.07) is 6.96. The maximum absolute atomic E-state index is 12.4. The van der Waals surface area contributed by atoms with Crippen LogP contribution < -0.4 is 9.47 Å². The van der Waals surface area contributed by atoms with Gasteiger partial charge >= 0.3 is 13.2 Å². The highest BCUT2D eigenvalue weighted by Gasteiger charge is 2.19. The van der Waals surface area contributed by atoms with E-state index in [1.807, 2.05) is 0 Å². The van der Waals surface area contributed by atoms with Crippen LogP contribution in [0.15, 0.2) is 41.1 Å². The van der Waals surface area contributed by atoms with Gasteiger partial charge in [0.2, 0.25) is 0 Å². The van der Waals surface area contributed by atoms with Gasteiger partial charge in [-0.2, -0.15) is 17.6 Å². The predicted octanol–water partition coefficient (Wildman–Crippen LogP) is 5.38. The first-order chi connectivity index (χ1) is 10.9. The van der Waals surface area contributed by atoms with Crippen LogP contribution in [0, 0.1) is 0 Å². The summed E-state index contributed by atoms with van der Waals surface area (Å²) in [5.74, 6) is -1.02. The largest absolute Gasteiger partial charge is 0.431 e. The Kier molecular flexibility index (Phi) is 6.06. The van der Waals surface area contributed by atoms with Crippen LogP contribution in [0.25, 0.3) is 0 Å². The lowest BCUT2D eigenvalue weighted by Crippen LogP contribution is -2.08. The molecule has 1 atom stereocenters. The minimum atomic E-state index is -3.19. The molecule has 2 rings (SSSR count). The van der Waals surface area contributed by atoms with E-state index in [9.17, 15) is 17.6 Å². The van der Waals surface area contributed by atoms with Crippen LogP contribution >= 0.6 is 27.5 Å². The van der Waals surface area contributed by atoms with E-state index >= 15 is 0 Å². The molecule has 0 saturated heterocycles.